The average Bonchev–Trinajstić information content (AvgIpc) is 2.75. The summed E-state index contributed by atoms with van der Waals surface area (Å²) in [6, 6.07) is 16.1. The van der Waals surface area contributed by atoms with Crippen molar-refractivity contribution in [3.05, 3.63) is 106 Å². The molecule has 1 amide bonds. The Labute approximate surface area is 175 Å². The Balaban J connectivity index is 1.67. The van der Waals surface area contributed by atoms with E-state index in [0.717, 1.165) is 12.1 Å². The highest BCUT2D eigenvalue weighted by Crippen LogP contribution is 2.24. The maximum absolute atomic E-state index is 14.4. The SMILES string of the molecule is O=C(Nc1cc(F)c(F)c(C(=O)c2ccc3ncccc3c2)c1)c1ccc(Cl)cc1. The second kappa shape index (κ2) is 8.00. The summed E-state index contributed by atoms with van der Waals surface area (Å²) in [5, 5.41) is 3.62. The average molecular weight is 423 g/mol. The first-order valence-electron chi connectivity index (χ1n) is 8.88. The van der Waals surface area contributed by atoms with Crippen LogP contribution in [-0.2, 0) is 0 Å². The van der Waals surface area contributed by atoms with Crippen molar-refractivity contribution in [3.63, 3.8) is 0 Å². The number of hydrogen-bond acceptors (Lipinski definition) is 3. The quantitative estimate of drug-likeness (QED) is 0.432. The van der Waals surface area contributed by atoms with Gasteiger partial charge in [0.25, 0.3) is 5.91 Å². The largest absolute Gasteiger partial charge is 0.322 e. The minimum atomic E-state index is -1.28. The van der Waals surface area contributed by atoms with Crippen LogP contribution in [0.1, 0.15) is 26.3 Å². The van der Waals surface area contributed by atoms with Crippen LogP contribution in [0.25, 0.3) is 10.9 Å². The Morgan fingerprint density at radius 2 is 1.63 bits per heavy atom. The molecule has 0 fully saturated rings. The van der Waals surface area contributed by atoms with Crippen molar-refractivity contribution < 1.29 is 18.4 Å². The number of benzene rings is 3. The highest BCUT2D eigenvalue weighted by molar-refractivity contribution is 6.30. The van der Waals surface area contributed by atoms with E-state index in [1.54, 1.807) is 30.5 Å². The number of carbonyl (C=O) groups is 2. The van der Waals surface area contributed by atoms with Gasteiger partial charge in [-0.05, 0) is 54.6 Å². The highest BCUT2D eigenvalue weighted by Gasteiger charge is 2.20. The number of pyridine rings is 1. The zero-order valence-corrected chi connectivity index (χ0v) is 16.1. The van der Waals surface area contributed by atoms with E-state index in [9.17, 15) is 18.4 Å². The van der Waals surface area contributed by atoms with E-state index in [0.29, 0.717) is 15.9 Å². The van der Waals surface area contributed by atoms with Gasteiger partial charge in [0.1, 0.15) is 0 Å². The molecule has 148 valence electrons. The topological polar surface area (TPSA) is 59.1 Å². The van der Waals surface area contributed by atoms with Gasteiger partial charge in [0, 0.05) is 39.5 Å². The van der Waals surface area contributed by atoms with Crippen LogP contribution in [0.2, 0.25) is 5.02 Å². The number of ketones is 1. The lowest BCUT2D eigenvalue weighted by Crippen LogP contribution is -2.14. The normalized spacial score (nSPS) is 10.8. The van der Waals surface area contributed by atoms with Crippen LogP contribution in [0, 0.1) is 11.6 Å². The fourth-order valence-electron chi connectivity index (χ4n) is 3.00. The van der Waals surface area contributed by atoms with Crippen molar-refractivity contribution in [3.8, 4) is 0 Å². The molecule has 4 aromatic rings. The zero-order valence-electron chi connectivity index (χ0n) is 15.3. The maximum Gasteiger partial charge on any atom is 0.255 e. The molecule has 0 saturated carbocycles. The van der Waals surface area contributed by atoms with Crippen LogP contribution in [0.15, 0.2) is 72.9 Å². The molecule has 7 heteroatoms. The third kappa shape index (κ3) is 3.90. The molecule has 4 rings (SSSR count). The van der Waals surface area contributed by atoms with Crippen molar-refractivity contribution in [1.82, 2.24) is 4.98 Å². The molecule has 0 aliphatic carbocycles. The molecule has 4 nitrogen and oxygen atoms in total. The van der Waals surface area contributed by atoms with Crippen molar-refractivity contribution in [2.45, 2.75) is 0 Å². The number of halogens is 3. The van der Waals surface area contributed by atoms with Crippen molar-refractivity contribution in [2.75, 3.05) is 5.32 Å². The maximum atomic E-state index is 14.4. The molecule has 3 aromatic carbocycles. The van der Waals surface area contributed by atoms with Gasteiger partial charge in [0.15, 0.2) is 17.4 Å². The summed E-state index contributed by atoms with van der Waals surface area (Å²) in [7, 11) is 0. The Hall–Kier alpha value is -3.64. The number of nitrogens with one attached hydrogen (secondary N) is 1. The lowest BCUT2D eigenvalue weighted by Gasteiger charge is -2.10. The van der Waals surface area contributed by atoms with Crippen LogP contribution >= 0.6 is 11.6 Å². The Bertz CT molecular complexity index is 1290. The molecule has 0 bridgehead atoms. The number of nitrogens with zero attached hydrogens (tertiary/aromatic N) is 1. The molecule has 0 aliphatic rings. The number of hydrogen-bond donors (Lipinski definition) is 1. The van der Waals surface area contributed by atoms with Crippen LogP contribution < -0.4 is 5.32 Å². The van der Waals surface area contributed by atoms with Crippen LogP contribution in [0.3, 0.4) is 0 Å². The molecule has 0 radical (unpaired) electrons. The van der Waals surface area contributed by atoms with E-state index in [1.165, 1.54) is 30.3 Å². The molecule has 0 saturated heterocycles. The molecule has 0 atom stereocenters. The minimum absolute atomic E-state index is 0.0420. The summed E-state index contributed by atoms with van der Waals surface area (Å²) >= 11 is 5.80. The molecule has 1 N–H and O–H groups in total. The molecular weight excluding hydrogens is 410 g/mol. The van der Waals surface area contributed by atoms with Gasteiger partial charge in [0.05, 0.1) is 11.1 Å². The van der Waals surface area contributed by atoms with Crippen LogP contribution in [-0.4, -0.2) is 16.7 Å². The summed E-state index contributed by atoms with van der Waals surface area (Å²) in [4.78, 5) is 29.4. The van der Waals surface area contributed by atoms with E-state index < -0.39 is 28.9 Å². The Kier molecular flexibility index (Phi) is 5.25. The molecule has 0 unspecified atom stereocenters. The van der Waals surface area contributed by atoms with Crippen molar-refractivity contribution >= 4 is 39.9 Å². The molecule has 0 spiro atoms. The first kappa shape index (κ1) is 19.7. The second-order valence-corrected chi connectivity index (χ2v) is 6.96. The number of rotatable bonds is 4. The lowest BCUT2D eigenvalue weighted by molar-refractivity contribution is 0.101. The standard InChI is InChI=1S/C23H13ClF2N2O2/c24-16-6-3-13(4-7-16)23(30)28-17-11-18(21(26)19(25)12-17)22(29)15-5-8-20-14(10-15)2-1-9-27-20/h1-12H,(H,28,30). The van der Waals surface area contributed by atoms with Crippen molar-refractivity contribution in [2.24, 2.45) is 0 Å². The smallest absolute Gasteiger partial charge is 0.255 e. The molecule has 0 aliphatic heterocycles. The van der Waals surface area contributed by atoms with Gasteiger partial charge in [-0.3, -0.25) is 14.6 Å². The summed E-state index contributed by atoms with van der Waals surface area (Å²) < 4.78 is 28.6. The van der Waals surface area contributed by atoms with E-state index in [2.05, 4.69) is 10.3 Å². The van der Waals surface area contributed by atoms with Gasteiger partial charge in [-0.2, -0.15) is 0 Å². The van der Waals surface area contributed by atoms with E-state index >= 15 is 0 Å². The number of amides is 1. The van der Waals surface area contributed by atoms with Gasteiger partial charge >= 0.3 is 0 Å². The molecular formula is C23H13ClF2N2O2. The highest BCUT2D eigenvalue weighted by atomic mass is 35.5. The van der Waals surface area contributed by atoms with Gasteiger partial charge in [-0.25, -0.2) is 8.78 Å². The van der Waals surface area contributed by atoms with Gasteiger partial charge in [-0.1, -0.05) is 17.7 Å². The van der Waals surface area contributed by atoms with Crippen LogP contribution in [0.5, 0.6) is 0 Å². The van der Waals surface area contributed by atoms with E-state index in [4.69, 9.17) is 11.6 Å². The van der Waals surface area contributed by atoms with E-state index in [1.807, 2.05) is 0 Å². The molecule has 30 heavy (non-hydrogen) atoms. The van der Waals surface area contributed by atoms with Gasteiger partial charge in [0.2, 0.25) is 0 Å². The lowest BCUT2D eigenvalue weighted by atomic mass is 10.00. The van der Waals surface area contributed by atoms with Gasteiger partial charge in [-0.15, -0.1) is 0 Å². The van der Waals surface area contributed by atoms with Crippen molar-refractivity contribution in [1.29, 1.82) is 0 Å². The number of aromatic nitrogens is 1. The third-order valence-electron chi connectivity index (χ3n) is 4.50. The summed E-state index contributed by atoms with van der Waals surface area (Å²) in [5.74, 6) is -3.78. The van der Waals surface area contributed by atoms with Gasteiger partial charge < -0.3 is 5.32 Å². The number of fused-ring (bicyclic) bond motifs is 1. The fourth-order valence-corrected chi connectivity index (χ4v) is 3.13. The summed E-state index contributed by atoms with van der Waals surface area (Å²) in [6.45, 7) is 0. The second-order valence-electron chi connectivity index (χ2n) is 6.52. The van der Waals surface area contributed by atoms with Crippen LogP contribution in [0.4, 0.5) is 14.5 Å². The number of carbonyl (C=O) groups excluding carboxylic acids is 2. The molecule has 1 aromatic heterocycles. The Morgan fingerprint density at radius 3 is 2.40 bits per heavy atom. The number of anilines is 1. The fraction of sp³-hybridized carbons (Fsp3) is 0. The summed E-state index contributed by atoms with van der Waals surface area (Å²) in [5.41, 5.74) is 0.600. The predicted molar refractivity (Wildman–Crippen MR) is 111 cm³/mol. The first-order chi connectivity index (χ1) is 14.4. The first-order valence-corrected chi connectivity index (χ1v) is 9.25. The van der Waals surface area contributed by atoms with E-state index in [-0.39, 0.29) is 16.8 Å². The summed E-state index contributed by atoms with van der Waals surface area (Å²) in [6.07, 6.45) is 1.62. The zero-order chi connectivity index (χ0) is 21.3. The predicted octanol–water partition coefficient (Wildman–Crippen LogP) is 5.65. The monoisotopic (exact) mass is 422 g/mol. The third-order valence-corrected chi connectivity index (χ3v) is 4.75. The Morgan fingerprint density at radius 1 is 0.900 bits per heavy atom. The minimum Gasteiger partial charge on any atom is -0.322 e. The molecule has 1 heterocycles.